The van der Waals surface area contributed by atoms with Crippen LogP contribution in [0.4, 0.5) is 0 Å². The van der Waals surface area contributed by atoms with E-state index in [9.17, 15) is 0 Å². The Kier molecular flexibility index (Phi) is 4.36. The molecule has 0 aliphatic heterocycles. The van der Waals surface area contributed by atoms with Crippen molar-refractivity contribution < 1.29 is 8.83 Å². The number of furan rings is 2. The molecule has 2 aromatic heterocycles. The second kappa shape index (κ2) is 8.08. The van der Waals surface area contributed by atoms with Gasteiger partial charge in [0.2, 0.25) is 0 Å². The summed E-state index contributed by atoms with van der Waals surface area (Å²) in [6.07, 6.45) is 0. The summed E-state index contributed by atoms with van der Waals surface area (Å²) in [7, 11) is 0. The largest absolute Gasteiger partial charge is 0.456 e. The molecule has 0 aliphatic rings. The minimum atomic E-state index is 0.871. The number of fused-ring (bicyclic) bond motifs is 8. The molecule has 0 radical (unpaired) electrons. The topological polar surface area (TPSA) is 26.3 Å². The van der Waals surface area contributed by atoms with Crippen molar-refractivity contribution in [3.63, 3.8) is 0 Å². The van der Waals surface area contributed by atoms with E-state index >= 15 is 0 Å². The minimum absolute atomic E-state index is 0.871. The van der Waals surface area contributed by atoms with Crippen LogP contribution in [-0.2, 0) is 0 Å². The lowest BCUT2D eigenvalue weighted by atomic mass is 9.85. The van der Waals surface area contributed by atoms with Crippen LogP contribution in [0.25, 0.3) is 87.7 Å². The predicted molar refractivity (Wildman–Crippen MR) is 167 cm³/mol. The quantitative estimate of drug-likeness (QED) is 0.216. The highest BCUT2D eigenvalue weighted by atomic mass is 16.3. The molecule has 9 aromatic rings. The molecule has 7 aromatic carbocycles. The number of benzene rings is 7. The fraction of sp³-hybridized carbons (Fsp3) is 0. The van der Waals surface area contributed by atoms with E-state index in [0.29, 0.717) is 0 Å². The highest BCUT2D eigenvalue weighted by Crippen LogP contribution is 2.47. The van der Waals surface area contributed by atoms with Gasteiger partial charge in [-0.3, -0.25) is 0 Å². The molecular formula is C38H22O2. The van der Waals surface area contributed by atoms with Gasteiger partial charge < -0.3 is 8.83 Å². The molecule has 0 amide bonds. The molecule has 9 rings (SSSR count). The molecule has 186 valence electrons. The summed E-state index contributed by atoms with van der Waals surface area (Å²) in [5.74, 6) is 0. The number of hydrogen-bond acceptors (Lipinski definition) is 2. The van der Waals surface area contributed by atoms with E-state index in [1.54, 1.807) is 0 Å². The van der Waals surface area contributed by atoms with Gasteiger partial charge in [-0.2, -0.15) is 0 Å². The maximum absolute atomic E-state index is 6.52. The zero-order chi connectivity index (χ0) is 26.2. The van der Waals surface area contributed by atoms with Gasteiger partial charge in [0.15, 0.2) is 0 Å². The van der Waals surface area contributed by atoms with Gasteiger partial charge in [0.05, 0.1) is 0 Å². The van der Waals surface area contributed by atoms with Gasteiger partial charge in [-0.25, -0.2) is 0 Å². The van der Waals surface area contributed by atoms with Crippen LogP contribution in [0, 0.1) is 0 Å². The number of hydrogen-bond donors (Lipinski definition) is 0. The third kappa shape index (κ3) is 2.93. The number of para-hydroxylation sites is 1. The van der Waals surface area contributed by atoms with Crippen LogP contribution in [0.5, 0.6) is 0 Å². The summed E-state index contributed by atoms with van der Waals surface area (Å²) in [4.78, 5) is 0. The van der Waals surface area contributed by atoms with E-state index in [1.807, 2.05) is 18.2 Å². The second-order valence-electron chi connectivity index (χ2n) is 10.4. The van der Waals surface area contributed by atoms with Crippen molar-refractivity contribution in [3.05, 3.63) is 133 Å². The van der Waals surface area contributed by atoms with Gasteiger partial charge >= 0.3 is 0 Å². The Balaban J connectivity index is 1.44. The standard InChI is InChI=1S/C38H22O2/c1-2-11-23(12-3-1)36-25-14-4-6-16-27(25)37(28-17-7-5-15-26(28)36)29-18-10-20-33-38(29)31-22-34-30(21-35(31)40-33)24-13-8-9-19-32(24)39-34/h1-22H. The molecule has 0 spiro atoms. The van der Waals surface area contributed by atoms with Crippen molar-refractivity contribution in [2.75, 3.05) is 0 Å². The van der Waals surface area contributed by atoms with Crippen molar-refractivity contribution in [1.82, 2.24) is 0 Å². The van der Waals surface area contributed by atoms with E-state index in [1.165, 1.54) is 43.8 Å². The van der Waals surface area contributed by atoms with E-state index in [-0.39, 0.29) is 0 Å². The summed E-state index contributed by atoms with van der Waals surface area (Å²) in [5.41, 5.74) is 8.40. The summed E-state index contributed by atoms with van der Waals surface area (Å²) in [5, 5.41) is 9.30. The van der Waals surface area contributed by atoms with Gasteiger partial charge in [0.25, 0.3) is 0 Å². The molecule has 0 aliphatic carbocycles. The first kappa shape index (κ1) is 21.6. The highest BCUT2D eigenvalue weighted by Gasteiger charge is 2.21. The fourth-order valence-corrected chi connectivity index (χ4v) is 6.59. The Morgan fingerprint density at radius 1 is 0.325 bits per heavy atom. The minimum Gasteiger partial charge on any atom is -0.456 e. The third-order valence-electron chi connectivity index (χ3n) is 8.26. The van der Waals surface area contributed by atoms with Crippen LogP contribution in [0.15, 0.2) is 142 Å². The molecule has 2 heteroatoms. The molecule has 2 heterocycles. The Hall–Kier alpha value is -5.34. The van der Waals surface area contributed by atoms with Gasteiger partial charge in [-0.05, 0) is 68.1 Å². The average Bonchev–Trinajstić information content (AvgIpc) is 3.56. The van der Waals surface area contributed by atoms with E-state index in [2.05, 4.69) is 115 Å². The van der Waals surface area contributed by atoms with Crippen molar-refractivity contribution in [2.45, 2.75) is 0 Å². The molecule has 0 N–H and O–H groups in total. The smallest absolute Gasteiger partial charge is 0.136 e. The summed E-state index contributed by atoms with van der Waals surface area (Å²) < 4.78 is 12.8. The average molecular weight is 511 g/mol. The Morgan fingerprint density at radius 3 is 1.57 bits per heavy atom. The molecule has 0 saturated heterocycles. The Morgan fingerprint density at radius 2 is 0.850 bits per heavy atom. The maximum Gasteiger partial charge on any atom is 0.136 e. The van der Waals surface area contributed by atoms with E-state index in [0.717, 1.165) is 43.9 Å². The highest BCUT2D eigenvalue weighted by molar-refractivity contribution is 6.26. The van der Waals surface area contributed by atoms with Crippen molar-refractivity contribution in [3.8, 4) is 22.3 Å². The fourth-order valence-electron chi connectivity index (χ4n) is 6.59. The van der Waals surface area contributed by atoms with Crippen LogP contribution >= 0.6 is 0 Å². The lowest BCUT2D eigenvalue weighted by molar-refractivity contribution is 0.664. The molecule has 40 heavy (non-hydrogen) atoms. The molecule has 0 atom stereocenters. The van der Waals surface area contributed by atoms with Gasteiger partial charge in [0.1, 0.15) is 22.3 Å². The van der Waals surface area contributed by atoms with Gasteiger partial charge in [-0.15, -0.1) is 0 Å². The van der Waals surface area contributed by atoms with E-state index < -0.39 is 0 Å². The van der Waals surface area contributed by atoms with Crippen LogP contribution in [0.1, 0.15) is 0 Å². The van der Waals surface area contributed by atoms with Crippen LogP contribution in [0.3, 0.4) is 0 Å². The summed E-state index contributed by atoms with van der Waals surface area (Å²) >= 11 is 0. The van der Waals surface area contributed by atoms with E-state index in [4.69, 9.17) is 8.83 Å². The maximum atomic E-state index is 6.52. The van der Waals surface area contributed by atoms with Gasteiger partial charge in [0, 0.05) is 21.5 Å². The zero-order valence-corrected chi connectivity index (χ0v) is 21.5. The lowest BCUT2D eigenvalue weighted by Gasteiger charge is -2.18. The van der Waals surface area contributed by atoms with Crippen LogP contribution < -0.4 is 0 Å². The SMILES string of the molecule is c1ccc(-c2c3ccccc3c(-c3cccc4oc5cc6c(cc5c34)oc3ccccc36)c3ccccc23)cc1. The number of rotatable bonds is 2. The van der Waals surface area contributed by atoms with Crippen molar-refractivity contribution >= 4 is 65.4 Å². The summed E-state index contributed by atoms with van der Waals surface area (Å²) in [6, 6.07) is 47.2. The first-order valence-electron chi connectivity index (χ1n) is 13.6. The Bertz CT molecular complexity index is 2370. The molecule has 0 bridgehead atoms. The zero-order valence-electron chi connectivity index (χ0n) is 21.5. The summed E-state index contributed by atoms with van der Waals surface area (Å²) in [6.45, 7) is 0. The molecular weight excluding hydrogens is 488 g/mol. The van der Waals surface area contributed by atoms with Crippen molar-refractivity contribution in [1.29, 1.82) is 0 Å². The van der Waals surface area contributed by atoms with Crippen LogP contribution in [0.2, 0.25) is 0 Å². The first-order chi connectivity index (χ1) is 19.8. The molecule has 0 saturated carbocycles. The van der Waals surface area contributed by atoms with Crippen LogP contribution in [-0.4, -0.2) is 0 Å². The third-order valence-corrected chi connectivity index (χ3v) is 8.26. The lowest BCUT2D eigenvalue weighted by Crippen LogP contribution is -1.91. The molecule has 0 unspecified atom stereocenters. The van der Waals surface area contributed by atoms with Gasteiger partial charge in [-0.1, -0.05) is 109 Å². The second-order valence-corrected chi connectivity index (χ2v) is 10.4. The molecule has 0 fully saturated rings. The molecule has 2 nitrogen and oxygen atoms in total. The first-order valence-corrected chi connectivity index (χ1v) is 13.6. The Labute approximate surface area is 229 Å². The van der Waals surface area contributed by atoms with Crippen molar-refractivity contribution in [2.24, 2.45) is 0 Å². The monoisotopic (exact) mass is 510 g/mol. The normalized spacial score (nSPS) is 12.0. The predicted octanol–water partition coefficient (Wildman–Crippen LogP) is 11.1.